The highest BCUT2D eigenvalue weighted by molar-refractivity contribution is 6.01. The van der Waals surface area contributed by atoms with Crippen molar-refractivity contribution in [3.05, 3.63) is 65.7 Å². The van der Waals surface area contributed by atoms with Crippen LogP contribution in [0, 0.1) is 0 Å². The number of benzene rings is 3. The van der Waals surface area contributed by atoms with Crippen LogP contribution in [0.3, 0.4) is 0 Å². The lowest BCUT2D eigenvalue weighted by Gasteiger charge is -2.16. The molecule has 1 aliphatic rings. The molecule has 5 heteroatoms. The summed E-state index contributed by atoms with van der Waals surface area (Å²) >= 11 is 0. The van der Waals surface area contributed by atoms with Crippen molar-refractivity contribution in [2.24, 2.45) is 0 Å². The van der Waals surface area contributed by atoms with E-state index in [-0.39, 0.29) is 30.1 Å². The number of phenols is 1. The van der Waals surface area contributed by atoms with Crippen molar-refractivity contribution in [1.82, 2.24) is 5.32 Å². The predicted molar refractivity (Wildman–Crippen MR) is 94.1 cm³/mol. The lowest BCUT2D eigenvalue weighted by Crippen LogP contribution is -2.26. The van der Waals surface area contributed by atoms with Gasteiger partial charge in [0.1, 0.15) is 5.75 Å². The van der Waals surface area contributed by atoms with Gasteiger partial charge in [0.05, 0.1) is 11.6 Å². The first-order chi connectivity index (χ1) is 12.1. The highest BCUT2D eigenvalue weighted by atomic mass is 16.7. The van der Waals surface area contributed by atoms with Crippen molar-refractivity contribution in [2.75, 3.05) is 6.79 Å². The summed E-state index contributed by atoms with van der Waals surface area (Å²) < 4.78 is 10.7. The summed E-state index contributed by atoms with van der Waals surface area (Å²) in [6.07, 6.45) is 0. The number of carbonyl (C=O) groups is 1. The van der Waals surface area contributed by atoms with Crippen LogP contribution in [0.25, 0.3) is 10.8 Å². The second kappa shape index (κ2) is 6.02. The molecule has 0 bridgehead atoms. The molecule has 0 radical (unpaired) electrons. The molecule has 1 atom stereocenters. The van der Waals surface area contributed by atoms with E-state index in [0.717, 1.165) is 16.3 Å². The third-order valence-electron chi connectivity index (χ3n) is 4.35. The summed E-state index contributed by atoms with van der Waals surface area (Å²) in [6.45, 7) is 2.10. The van der Waals surface area contributed by atoms with Crippen molar-refractivity contribution >= 4 is 16.7 Å². The Morgan fingerprint density at radius 2 is 1.76 bits per heavy atom. The molecule has 4 rings (SSSR count). The van der Waals surface area contributed by atoms with Crippen molar-refractivity contribution in [1.29, 1.82) is 0 Å². The average molecular weight is 335 g/mol. The zero-order valence-corrected chi connectivity index (χ0v) is 13.7. The van der Waals surface area contributed by atoms with E-state index in [1.807, 2.05) is 49.4 Å². The summed E-state index contributed by atoms with van der Waals surface area (Å²) in [6, 6.07) is 16.2. The third kappa shape index (κ3) is 2.85. The molecule has 0 saturated heterocycles. The largest absolute Gasteiger partial charge is 0.507 e. The molecule has 1 unspecified atom stereocenters. The van der Waals surface area contributed by atoms with Gasteiger partial charge in [-0.3, -0.25) is 4.79 Å². The van der Waals surface area contributed by atoms with E-state index in [1.54, 1.807) is 12.1 Å². The van der Waals surface area contributed by atoms with E-state index in [4.69, 9.17) is 9.47 Å². The van der Waals surface area contributed by atoms with Crippen molar-refractivity contribution in [3.63, 3.8) is 0 Å². The molecule has 0 aromatic heterocycles. The summed E-state index contributed by atoms with van der Waals surface area (Å²) in [5, 5.41) is 14.9. The maximum atomic E-state index is 12.6. The van der Waals surface area contributed by atoms with Crippen LogP contribution in [0.2, 0.25) is 0 Å². The van der Waals surface area contributed by atoms with Gasteiger partial charge >= 0.3 is 0 Å². The molecule has 0 spiro atoms. The number of phenolic OH excluding ortho intramolecular Hbond substituents is 1. The Hall–Kier alpha value is -3.21. The SMILES string of the molecule is CC(NC(=O)c1cc2ccccc2cc1O)c1ccc2c(c1)OCO2. The summed E-state index contributed by atoms with van der Waals surface area (Å²) in [5.74, 6) is 1.02. The number of amides is 1. The summed E-state index contributed by atoms with van der Waals surface area (Å²) in [7, 11) is 0. The molecule has 3 aromatic carbocycles. The molecule has 3 aromatic rings. The molecule has 0 fully saturated rings. The molecule has 25 heavy (non-hydrogen) atoms. The number of hydrogen-bond acceptors (Lipinski definition) is 4. The van der Waals surface area contributed by atoms with E-state index in [2.05, 4.69) is 5.32 Å². The van der Waals surface area contributed by atoms with Gasteiger partial charge in [-0.25, -0.2) is 0 Å². The highest BCUT2D eigenvalue weighted by Gasteiger charge is 2.19. The number of rotatable bonds is 3. The maximum absolute atomic E-state index is 12.6. The first-order valence-electron chi connectivity index (χ1n) is 8.04. The van der Waals surface area contributed by atoms with E-state index in [9.17, 15) is 9.90 Å². The standard InChI is InChI=1S/C20H17NO4/c1-12(13-6-7-18-19(10-13)25-11-24-18)21-20(23)16-8-14-4-2-3-5-15(14)9-17(16)22/h2-10,12,22H,11H2,1H3,(H,21,23). The van der Waals surface area contributed by atoms with Gasteiger partial charge in [0, 0.05) is 0 Å². The fourth-order valence-corrected chi connectivity index (χ4v) is 2.95. The monoisotopic (exact) mass is 335 g/mol. The van der Waals surface area contributed by atoms with E-state index in [1.165, 1.54) is 0 Å². The van der Waals surface area contributed by atoms with E-state index >= 15 is 0 Å². The maximum Gasteiger partial charge on any atom is 0.255 e. The molecule has 2 N–H and O–H groups in total. The zero-order chi connectivity index (χ0) is 17.4. The Kier molecular flexibility index (Phi) is 3.69. The fourth-order valence-electron chi connectivity index (χ4n) is 2.95. The summed E-state index contributed by atoms with van der Waals surface area (Å²) in [5.41, 5.74) is 1.16. The number of aromatic hydroxyl groups is 1. The zero-order valence-electron chi connectivity index (χ0n) is 13.7. The first-order valence-corrected chi connectivity index (χ1v) is 8.04. The van der Waals surface area contributed by atoms with E-state index < -0.39 is 0 Å². The van der Waals surface area contributed by atoms with Gasteiger partial charge in [0.15, 0.2) is 11.5 Å². The molecule has 5 nitrogen and oxygen atoms in total. The molecular weight excluding hydrogens is 318 g/mol. The van der Waals surface area contributed by atoms with Crippen molar-refractivity contribution < 1.29 is 19.4 Å². The topological polar surface area (TPSA) is 67.8 Å². The quantitative estimate of drug-likeness (QED) is 0.765. The number of hydrogen-bond donors (Lipinski definition) is 2. The molecule has 0 aliphatic carbocycles. The molecule has 1 amide bonds. The lowest BCUT2D eigenvalue weighted by molar-refractivity contribution is 0.0937. The minimum Gasteiger partial charge on any atom is -0.507 e. The van der Waals surface area contributed by atoms with Gasteiger partial charge in [-0.15, -0.1) is 0 Å². The number of fused-ring (bicyclic) bond motifs is 2. The predicted octanol–water partition coefficient (Wildman–Crippen LogP) is 3.77. The Labute approximate surface area is 144 Å². The number of ether oxygens (including phenoxy) is 2. The Morgan fingerprint density at radius 1 is 1.04 bits per heavy atom. The molecule has 0 saturated carbocycles. The van der Waals surface area contributed by atoms with Crippen LogP contribution in [0.1, 0.15) is 28.9 Å². The lowest BCUT2D eigenvalue weighted by atomic mass is 10.0. The van der Waals surface area contributed by atoms with Crippen molar-refractivity contribution in [3.8, 4) is 17.2 Å². The number of nitrogens with one attached hydrogen (secondary N) is 1. The van der Waals surface area contributed by atoms with Gasteiger partial charge in [-0.1, -0.05) is 30.3 Å². The second-order valence-corrected chi connectivity index (χ2v) is 6.02. The Bertz CT molecular complexity index is 967. The normalized spacial score (nSPS) is 13.6. The summed E-state index contributed by atoms with van der Waals surface area (Å²) in [4.78, 5) is 12.6. The van der Waals surface area contributed by atoms with Crippen LogP contribution in [-0.4, -0.2) is 17.8 Å². The number of carbonyl (C=O) groups excluding carboxylic acids is 1. The smallest absolute Gasteiger partial charge is 0.255 e. The van der Waals surface area contributed by atoms with Crippen LogP contribution >= 0.6 is 0 Å². The van der Waals surface area contributed by atoms with Crippen LogP contribution in [0.15, 0.2) is 54.6 Å². The van der Waals surface area contributed by atoms with Gasteiger partial charge in [0.2, 0.25) is 6.79 Å². The molecule has 1 heterocycles. The van der Waals surface area contributed by atoms with Gasteiger partial charge in [-0.05, 0) is 47.5 Å². The molecule has 126 valence electrons. The fraction of sp³-hybridized carbons (Fsp3) is 0.150. The molecular formula is C20H17NO4. The Morgan fingerprint density at radius 3 is 2.56 bits per heavy atom. The average Bonchev–Trinajstić information content (AvgIpc) is 3.08. The minimum atomic E-state index is -0.326. The third-order valence-corrected chi connectivity index (χ3v) is 4.35. The highest BCUT2D eigenvalue weighted by Crippen LogP contribution is 2.34. The van der Waals surface area contributed by atoms with Gasteiger partial charge in [-0.2, -0.15) is 0 Å². The van der Waals surface area contributed by atoms with Crippen LogP contribution in [0.4, 0.5) is 0 Å². The van der Waals surface area contributed by atoms with Crippen LogP contribution in [-0.2, 0) is 0 Å². The second-order valence-electron chi connectivity index (χ2n) is 6.02. The first kappa shape index (κ1) is 15.3. The van der Waals surface area contributed by atoms with Gasteiger partial charge in [0.25, 0.3) is 5.91 Å². The minimum absolute atomic E-state index is 0.0333. The van der Waals surface area contributed by atoms with E-state index in [0.29, 0.717) is 11.5 Å². The Balaban J connectivity index is 1.58. The van der Waals surface area contributed by atoms with Crippen molar-refractivity contribution in [2.45, 2.75) is 13.0 Å². The molecule has 1 aliphatic heterocycles. The van der Waals surface area contributed by atoms with Crippen LogP contribution < -0.4 is 14.8 Å². The van der Waals surface area contributed by atoms with Gasteiger partial charge < -0.3 is 19.9 Å². The van der Waals surface area contributed by atoms with Crippen LogP contribution in [0.5, 0.6) is 17.2 Å².